The molecule has 0 spiro atoms. The highest BCUT2D eigenvalue weighted by molar-refractivity contribution is 9.10. The first-order valence-corrected chi connectivity index (χ1v) is 4.91. The van der Waals surface area contributed by atoms with E-state index in [0.717, 1.165) is 5.56 Å². The van der Waals surface area contributed by atoms with Gasteiger partial charge in [0.15, 0.2) is 0 Å². The second-order valence-corrected chi connectivity index (χ2v) is 3.52. The fourth-order valence-corrected chi connectivity index (χ4v) is 1.73. The van der Waals surface area contributed by atoms with Gasteiger partial charge in [0.1, 0.15) is 0 Å². The van der Waals surface area contributed by atoms with Gasteiger partial charge in [0, 0.05) is 6.07 Å². The van der Waals surface area contributed by atoms with Crippen molar-refractivity contribution in [2.75, 3.05) is 6.54 Å². The summed E-state index contributed by atoms with van der Waals surface area (Å²) in [4.78, 5) is 23.4. The van der Waals surface area contributed by atoms with E-state index < -0.39 is 4.92 Å². The lowest BCUT2D eigenvalue weighted by atomic mass is 10.1. The molecule has 1 rings (SSSR count). The molecule has 0 saturated carbocycles. The number of nitro groups is 1. The van der Waals surface area contributed by atoms with Gasteiger partial charge in [-0.2, -0.15) is 0 Å². The number of carbonyl (C=O) groups excluding carboxylic acids is 1. The molecule has 0 atom stereocenters. The zero-order valence-electron chi connectivity index (χ0n) is 7.64. The predicted molar refractivity (Wildman–Crippen MR) is 57.5 cm³/mol. The Morgan fingerprint density at radius 2 is 2.27 bits per heavy atom. The molecule has 0 heterocycles. The molecular weight excluding hydrogens is 264 g/mol. The van der Waals surface area contributed by atoms with Crippen LogP contribution in [-0.4, -0.2) is 17.5 Å². The van der Waals surface area contributed by atoms with E-state index in [1.54, 1.807) is 12.1 Å². The van der Waals surface area contributed by atoms with Gasteiger partial charge in [-0.05, 0) is 27.9 Å². The van der Waals surface area contributed by atoms with E-state index >= 15 is 0 Å². The first-order chi connectivity index (χ1) is 7.16. The summed E-state index contributed by atoms with van der Waals surface area (Å²) in [5, 5.41) is 10.6. The summed E-state index contributed by atoms with van der Waals surface area (Å²) in [7, 11) is 0. The molecule has 0 aliphatic heterocycles. The average Bonchev–Trinajstić information content (AvgIpc) is 2.20. The van der Waals surface area contributed by atoms with Gasteiger partial charge in [-0.1, -0.05) is 12.1 Å². The van der Waals surface area contributed by atoms with Crippen LogP contribution in [0.25, 0.3) is 0 Å². The minimum absolute atomic E-state index is 0.0163. The normalized spacial score (nSPS) is 9.40. The molecule has 5 nitrogen and oxygen atoms in total. The van der Waals surface area contributed by atoms with Crippen molar-refractivity contribution in [1.82, 2.24) is 0 Å². The third-order valence-electron chi connectivity index (χ3n) is 1.81. The van der Waals surface area contributed by atoms with Gasteiger partial charge in [0.05, 0.1) is 15.9 Å². The highest BCUT2D eigenvalue weighted by Gasteiger charge is 2.13. The van der Waals surface area contributed by atoms with Crippen molar-refractivity contribution in [3.8, 4) is 0 Å². The van der Waals surface area contributed by atoms with Gasteiger partial charge in [-0.15, -0.1) is 0 Å². The maximum Gasteiger partial charge on any atom is 0.283 e. The summed E-state index contributed by atoms with van der Waals surface area (Å²) in [6.45, 7) is 0.281. The van der Waals surface area contributed by atoms with Crippen LogP contribution in [0.2, 0.25) is 0 Å². The third kappa shape index (κ3) is 2.97. The van der Waals surface area contributed by atoms with Gasteiger partial charge in [0.25, 0.3) is 5.69 Å². The molecule has 0 aromatic heterocycles. The van der Waals surface area contributed by atoms with Crippen molar-refractivity contribution in [1.29, 1.82) is 0 Å². The van der Waals surface area contributed by atoms with Crippen molar-refractivity contribution >= 4 is 27.7 Å². The predicted octanol–water partition coefficient (Wildman–Crippen LogP) is 2.24. The Kier molecular flexibility index (Phi) is 4.15. The van der Waals surface area contributed by atoms with Crippen molar-refractivity contribution < 1.29 is 9.72 Å². The first-order valence-electron chi connectivity index (χ1n) is 4.12. The van der Waals surface area contributed by atoms with Gasteiger partial charge in [-0.25, -0.2) is 9.79 Å². The van der Waals surface area contributed by atoms with Crippen molar-refractivity contribution in [2.24, 2.45) is 4.99 Å². The van der Waals surface area contributed by atoms with Crippen LogP contribution in [0.3, 0.4) is 0 Å². The molecule has 15 heavy (non-hydrogen) atoms. The minimum atomic E-state index is -0.462. The van der Waals surface area contributed by atoms with Gasteiger partial charge in [-0.3, -0.25) is 10.1 Å². The highest BCUT2D eigenvalue weighted by Crippen LogP contribution is 2.28. The van der Waals surface area contributed by atoms with Gasteiger partial charge < -0.3 is 0 Å². The molecular formula is C9H7BrN2O3. The number of nitrogens with zero attached hydrogens (tertiary/aromatic N) is 2. The summed E-state index contributed by atoms with van der Waals surface area (Å²) >= 11 is 3.15. The highest BCUT2D eigenvalue weighted by atomic mass is 79.9. The maximum atomic E-state index is 10.6. The SMILES string of the molecule is O=C=NCCc1cccc([N+](=O)[O-])c1Br. The number of hydrogen-bond donors (Lipinski definition) is 0. The van der Waals surface area contributed by atoms with Gasteiger partial charge in [0.2, 0.25) is 6.08 Å². The minimum Gasteiger partial charge on any atom is -0.258 e. The van der Waals surface area contributed by atoms with Crippen LogP contribution in [0.5, 0.6) is 0 Å². The Hall–Kier alpha value is -1.52. The molecule has 0 fully saturated rings. The molecule has 6 heteroatoms. The van der Waals surface area contributed by atoms with Crippen LogP contribution in [0.4, 0.5) is 5.69 Å². The topological polar surface area (TPSA) is 72.6 Å². The smallest absolute Gasteiger partial charge is 0.258 e. The fraction of sp³-hybridized carbons (Fsp3) is 0.222. The maximum absolute atomic E-state index is 10.6. The number of rotatable bonds is 4. The van der Waals surface area contributed by atoms with Gasteiger partial charge >= 0.3 is 0 Å². The molecule has 78 valence electrons. The largest absolute Gasteiger partial charge is 0.283 e. The fourth-order valence-electron chi connectivity index (χ4n) is 1.12. The summed E-state index contributed by atoms with van der Waals surface area (Å²) < 4.78 is 0.441. The Morgan fingerprint density at radius 3 is 2.87 bits per heavy atom. The average molecular weight is 271 g/mol. The Bertz CT molecular complexity index is 427. The number of aliphatic imine (C=N–C) groups is 1. The van der Waals surface area contributed by atoms with E-state index in [2.05, 4.69) is 20.9 Å². The molecule has 0 N–H and O–H groups in total. The second-order valence-electron chi connectivity index (χ2n) is 2.73. The van der Waals surface area contributed by atoms with Crippen LogP contribution in [-0.2, 0) is 11.2 Å². The number of benzene rings is 1. The molecule has 1 aromatic carbocycles. The Morgan fingerprint density at radius 1 is 1.53 bits per heavy atom. The number of halogens is 1. The molecule has 0 radical (unpaired) electrons. The molecule has 0 amide bonds. The van der Waals surface area contributed by atoms with E-state index in [4.69, 9.17) is 0 Å². The molecule has 0 unspecified atom stereocenters. The summed E-state index contributed by atoms with van der Waals surface area (Å²) in [5.74, 6) is 0. The molecule has 0 saturated heterocycles. The first kappa shape index (κ1) is 11.6. The van der Waals surface area contributed by atoms with E-state index in [-0.39, 0.29) is 12.2 Å². The van der Waals surface area contributed by atoms with Crippen molar-refractivity contribution in [2.45, 2.75) is 6.42 Å². The Balaban J connectivity index is 2.94. The summed E-state index contributed by atoms with van der Waals surface area (Å²) in [5.41, 5.74) is 0.769. The Labute approximate surface area is 94.1 Å². The lowest BCUT2D eigenvalue weighted by molar-refractivity contribution is -0.385. The van der Waals surface area contributed by atoms with Crippen LogP contribution in [0.15, 0.2) is 27.7 Å². The molecule has 0 bridgehead atoms. The summed E-state index contributed by atoms with van der Waals surface area (Å²) in [6, 6.07) is 4.76. The number of nitro benzene ring substituents is 1. The zero-order chi connectivity index (χ0) is 11.3. The molecule has 1 aromatic rings. The number of hydrogen-bond acceptors (Lipinski definition) is 4. The number of isocyanates is 1. The molecule has 0 aliphatic rings. The van der Waals surface area contributed by atoms with Crippen LogP contribution in [0, 0.1) is 10.1 Å². The monoisotopic (exact) mass is 270 g/mol. The zero-order valence-corrected chi connectivity index (χ0v) is 9.23. The van der Waals surface area contributed by atoms with Crippen LogP contribution in [0.1, 0.15) is 5.56 Å². The summed E-state index contributed by atoms with van der Waals surface area (Å²) in [6.07, 6.45) is 1.89. The second kappa shape index (κ2) is 5.38. The lowest BCUT2D eigenvalue weighted by Crippen LogP contribution is -1.95. The van der Waals surface area contributed by atoms with Crippen LogP contribution < -0.4 is 0 Å². The lowest BCUT2D eigenvalue weighted by Gasteiger charge is -2.01. The standard InChI is InChI=1S/C9H7BrN2O3/c10-9-7(4-5-11-6-13)2-1-3-8(9)12(14)15/h1-3H,4-5H2. The molecule has 0 aliphatic carbocycles. The van der Waals surface area contributed by atoms with E-state index in [1.807, 2.05) is 0 Å². The van der Waals surface area contributed by atoms with Crippen molar-refractivity contribution in [3.05, 3.63) is 38.3 Å². The van der Waals surface area contributed by atoms with E-state index in [1.165, 1.54) is 12.1 Å². The van der Waals surface area contributed by atoms with Crippen LogP contribution >= 0.6 is 15.9 Å². The third-order valence-corrected chi connectivity index (χ3v) is 2.73. The quantitative estimate of drug-likeness (QED) is 0.365. The van der Waals surface area contributed by atoms with E-state index in [9.17, 15) is 14.9 Å². The van der Waals surface area contributed by atoms with Crippen molar-refractivity contribution in [3.63, 3.8) is 0 Å². The van der Waals surface area contributed by atoms with E-state index in [0.29, 0.717) is 10.9 Å².